The Balaban J connectivity index is 1.15. The third-order valence-corrected chi connectivity index (χ3v) is 11.4. The van der Waals surface area contributed by atoms with Crippen molar-refractivity contribution in [1.29, 1.82) is 0 Å². The van der Waals surface area contributed by atoms with Gasteiger partial charge in [0, 0.05) is 33.5 Å². The number of hydrogen-bond donors (Lipinski definition) is 0. The summed E-state index contributed by atoms with van der Waals surface area (Å²) in [5, 5.41) is 10.1. The number of anilines is 6. The molecule has 10 aromatic carbocycles. The van der Waals surface area contributed by atoms with Gasteiger partial charge in [0.1, 0.15) is 0 Å². The van der Waals surface area contributed by atoms with Crippen molar-refractivity contribution in [2.45, 2.75) is 20.8 Å². The lowest BCUT2D eigenvalue weighted by Gasteiger charge is -2.29. The highest BCUT2D eigenvalue weighted by Gasteiger charge is 2.22. The van der Waals surface area contributed by atoms with Gasteiger partial charge in [-0.25, -0.2) is 0 Å². The first-order chi connectivity index (χ1) is 28.0. The van der Waals surface area contributed by atoms with E-state index < -0.39 is 0 Å². The standard InChI is InChI=1S/C55H42N2/c1-37-15-21-40(22-16-37)23-24-41-25-31-45(32-26-41)57(44-29-19-39(3)20-30-44)53-36-34-49-46-11-7-13-50-52(35-33-48(54(46)50)47-12-8-14-51(53)55(47)49)56(42-9-5-4-6-10-42)43-27-17-38(2)18-28-43/h4-36H,1-3H3/b24-23+. The Kier molecular flexibility index (Phi) is 8.53. The summed E-state index contributed by atoms with van der Waals surface area (Å²) in [7, 11) is 0. The van der Waals surface area contributed by atoms with Crippen LogP contribution in [0, 0.1) is 20.8 Å². The summed E-state index contributed by atoms with van der Waals surface area (Å²) in [5.74, 6) is 0. The molecule has 0 amide bonds. The van der Waals surface area contributed by atoms with E-state index in [1.807, 2.05) is 0 Å². The predicted molar refractivity (Wildman–Crippen MR) is 247 cm³/mol. The quantitative estimate of drug-likeness (QED) is 0.0872. The molecule has 0 unspecified atom stereocenters. The van der Waals surface area contributed by atoms with Crippen molar-refractivity contribution >= 4 is 89.4 Å². The maximum atomic E-state index is 2.41. The molecule has 0 atom stereocenters. The molecule has 0 N–H and O–H groups in total. The molecule has 57 heavy (non-hydrogen) atoms. The summed E-state index contributed by atoms with van der Waals surface area (Å²) in [6.45, 7) is 6.41. The van der Waals surface area contributed by atoms with Gasteiger partial charge in [0.25, 0.3) is 0 Å². The van der Waals surface area contributed by atoms with Crippen molar-refractivity contribution in [3.63, 3.8) is 0 Å². The Morgan fingerprint density at radius 3 is 1.05 bits per heavy atom. The molecule has 0 saturated heterocycles. The van der Waals surface area contributed by atoms with Gasteiger partial charge in [-0.3, -0.25) is 0 Å². The van der Waals surface area contributed by atoms with E-state index >= 15 is 0 Å². The Labute approximate surface area is 334 Å². The van der Waals surface area contributed by atoms with Crippen molar-refractivity contribution in [1.82, 2.24) is 0 Å². The van der Waals surface area contributed by atoms with Crippen molar-refractivity contribution in [3.05, 3.63) is 216 Å². The maximum Gasteiger partial charge on any atom is 0.0540 e. The minimum Gasteiger partial charge on any atom is -0.310 e. The summed E-state index contributed by atoms with van der Waals surface area (Å²) < 4.78 is 0. The highest BCUT2D eigenvalue weighted by Crippen LogP contribution is 2.48. The Morgan fingerprint density at radius 1 is 0.281 bits per heavy atom. The zero-order valence-corrected chi connectivity index (χ0v) is 32.4. The van der Waals surface area contributed by atoms with Gasteiger partial charge in [-0.1, -0.05) is 156 Å². The number of aryl methyl sites for hydroxylation is 3. The third-order valence-electron chi connectivity index (χ3n) is 11.4. The average molecular weight is 731 g/mol. The van der Waals surface area contributed by atoms with Crippen LogP contribution in [0.4, 0.5) is 34.1 Å². The number of hydrogen-bond acceptors (Lipinski definition) is 2. The fourth-order valence-electron chi connectivity index (χ4n) is 8.49. The summed E-state index contributed by atoms with van der Waals surface area (Å²) in [6, 6.07) is 69.0. The van der Waals surface area contributed by atoms with Crippen molar-refractivity contribution in [2.24, 2.45) is 0 Å². The van der Waals surface area contributed by atoms with Crippen molar-refractivity contribution < 1.29 is 0 Å². The van der Waals surface area contributed by atoms with Gasteiger partial charge in [0.2, 0.25) is 0 Å². The highest BCUT2D eigenvalue weighted by molar-refractivity contribution is 6.35. The SMILES string of the molecule is Cc1ccc(/C=C/c2ccc(N(c3ccc(C)cc3)c3ccc4c5cccc6c(N(c7ccccc7)c7ccc(C)cc7)ccc(c7cccc3c74)c65)cc2)cc1. The minimum absolute atomic E-state index is 1.12. The van der Waals surface area contributed by atoms with Gasteiger partial charge in [-0.05, 0) is 125 Å². The van der Waals surface area contributed by atoms with Crippen LogP contribution in [0.3, 0.4) is 0 Å². The Bertz CT molecular complexity index is 3030. The minimum atomic E-state index is 1.12. The fraction of sp³-hybridized carbons (Fsp3) is 0.0545. The van der Waals surface area contributed by atoms with E-state index in [1.54, 1.807) is 0 Å². The second-order valence-corrected chi connectivity index (χ2v) is 15.2. The van der Waals surface area contributed by atoms with E-state index in [2.05, 4.69) is 231 Å². The van der Waals surface area contributed by atoms with Crippen molar-refractivity contribution in [2.75, 3.05) is 9.80 Å². The second-order valence-electron chi connectivity index (χ2n) is 15.2. The lowest BCUT2D eigenvalue weighted by Crippen LogP contribution is -2.11. The summed E-state index contributed by atoms with van der Waals surface area (Å²) >= 11 is 0. The van der Waals surface area contributed by atoms with E-state index in [-0.39, 0.29) is 0 Å². The first-order valence-corrected chi connectivity index (χ1v) is 19.8. The summed E-state index contributed by atoms with van der Waals surface area (Å²) in [6.07, 6.45) is 4.37. The molecule has 10 rings (SSSR count). The van der Waals surface area contributed by atoms with Crippen LogP contribution in [0.2, 0.25) is 0 Å². The normalized spacial score (nSPS) is 11.7. The smallest absolute Gasteiger partial charge is 0.0540 e. The van der Waals surface area contributed by atoms with Crippen LogP contribution in [0.25, 0.3) is 55.2 Å². The van der Waals surface area contributed by atoms with Crippen molar-refractivity contribution in [3.8, 4) is 0 Å². The number of nitrogens with zero attached hydrogens (tertiary/aromatic N) is 2. The van der Waals surface area contributed by atoms with E-state index in [9.17, 15) is 0 Å². The molecule has 0 heterocycles. The van der Waals surface area contributed by atoms with Gasteiger partial charge in [0.05, 0.1) is 11.4 Å². The number of benzene rings is 10. The number of fused-ring (bicyclic) bond motifs is 2. The van der Waals surface area contributed by atoms with Gasteiger partial charge < -0.3 is 9.80 Å². The van der Waals surface area contributed by atoms with E-state index in [1.165, 1.54) is 71.0 Å². The molecule has 2 nitrogen and oxygen atoms in total. The molecule has 0 aromatic heterocycles. The first-order valence-electron chi connectivity index (χ1n) is 19.8. The first kappa shape index (κ1) is 34.3. The van der Waals surface area contributed by atoms with E-state index in [4.69, 9.17) is 0 Å². The molecule has 0 bridgehead atoms. The Hall–Kier alpha value is -7.16. The Morgan fingerprint density at radius 2 is 0.614 bits per heavy atom. The maximum absolute atomic E-state index is 2.41. The molecule has 0 spiro atoms. The lowest BCUT2D eigenvalue weighted by molar-refractivity contribution is 1.29. The van der Waals surface area contributed by atoms with E-state index in [0.717, 1.165) is 34.0 Å². The molecule has 0 fully saturated rings. The van der Waals surface area contributed by atoms with Crippen LogP contribution in [0.1, 0.15) is 27.8 Å². The fourth-order valence-corrected chi connectivity index (χ4v) is 8.49. The van der Waals surface area contributed by atoms with Crippen LogP contribution in [0.15, 0.2) is 188 Å². The molecular formula is C55H42N2. The monoisotopic (exact) mass is 730 g/mol. The number of para-hydroxylation sites is 1. The molecule has 0 aliphatic rings. The molecule has 0 radical (unpaired) electrons. The summed E-state index contributed by atoms with van der Waals surface area (Å²) in [5.41, 5.74) is 13.0. The van der Waals surface area contributed by atoms with Crippen LogP contribution in [-0.2, 0) is 0 Å². The average Bonchev–Trinajstić information content (AvgIpc) is 3.25. The zero-order chi connectivity index (χ0) is 38.5. The molecule has 2 heteroatoms. The van der Waals surface area contributed by atoms with Gasteiger partial charge in [-0.2, -0.15) is 0 Å². The zero-order valence-electron chi connectivity index (χ0n) is 32.4. The van der Waals surface area contributed by atoms with Crippen LogP contribution < -0.4 is 9.80 Å². The third kappa shape index (κ3) is 6.16. The van der Waals surface area contributed by atoms with Crippen LogP contribution in [-0.4, -0.2) is 0 Å². The van der Waals surface area contributed by atoms with Gasteiger partial charge in [0.15, 0.2) is 0 Å². The molecule has 0 saturated carbocycles. The molecular weight excluding hydrogens is 689 g/mol. The number of rotatable bonds is 8. The molecule has 10 aromatic rings. The lowest BCUT2D eigenvalue weighted by atomic mass is 9.88. The molecule has 0 aliphatic heterocycles. The topological polar surface area (TPSA) is 6.48 Å². The van der Waals surface area contributed by atoms with Gasteiger partial charge >= 0.3 is 0 Å². The van der Waals surface area contributed by atoms with Crippen LogP contribution in [0.5, 0.6) is 0 Å². The van der Waals surface area contributed by atoms with Crippen LogP contribution >= 0.6 is 0 Å². The summed E-state index contributed by atoms with van der Waals surface area (Å²) in [4.78, 5) is 4.80. The second kappa shape index (κ2) is 14.2. The molecule has 272 valence electrons. The largest absolute Gasteiger partial charge is 0.310 e. The van der Waals surface area contributed by atoms with Gasteiger partial charge in [-0.15, -0.1) is 0 Å². The predicted octanol–water partition coefficient (Wildman–Crippen LogP) is 15.8. The highest BCUT2D eigenvalue weighted by atomic mass is 15.1. The molecule has 0 aliphatic carbocycles. The van der Waals surface area contributed by atoms with E-state index in [0.29, 0.717) is 0 Å².